The van der Waals surface area contributed by atoms with E-state index in [0.717, 1.165) is 17.7 Å². The molecule has 0 saturated heterocycles. The van der Waals surface area contributed by atoms with Gasteiger partial charge in [-0.15, -0.1) is 0 Å². The molecular formula is C32H40N2O4. The van der Waals surface area contributed by atoms with E-state index in [4.69, 9.17) is 9.47 Å². The normalized spacial score (nSPS) is 10.6. The summed E-state index contributed by atoms with van der Waals surface area (Å²) >= 11 is 0. The molecule has 0 aliphatic rings. The third kappa shape index (κ3) is 10.7. The first kappa shape index (κ1) is 28.8. The van der Waals surface area contributed by atoms with Crippen LogP contribution in [0.15, 0.2) is 78.9 Å². The molecule has 0 radical (unpaired) electrons. The van der Waals surface area contributed by atoms with Gasteiger partial charge in [-0.3, -0.25) is 20.4 Å². The third-order valence-corrected chi connectivity index (χ3v) is 6.29. The monoisotopic (exact) mass is 516 g/mol. The maximum Gasteiger partial charge on any atom is 0.269 e. The molecule has 0 aromatic heterocycles. The molecule has 0 bridgehead atoms. The van der Waals surface area contributed by atoms with Gasteiger partial charge in [-0.2, -0.15) is 0 Å². The van der Waals surface area contributed by atoms with E-state index in [1.165, 1.54) is 51.4 Å². The maximum atomic E-state index is 12.4. The van der Waals surface area contributed by atoms with E-state index in [0.29, 0.717) is 30.1 Å². The molecule has 0 aliphatic heterocycles. The Morgan fingerprint density at radius 3 is 1.58 bits per heavy atom. The lowest BCUT2D eigenvalue weighted by atomic mass is 10.1. The van der Waals surface area contributed by atoms with Gasteiger partial charge in [0.15, 0.2) is 0 Å². The Labute approximate surface area is 226 Å². The Hall–Kier alpha value is -3.80. The molecule has 2 amide bonds. The van der Waals surface area contributed by atoms with Crippen LogP contribution in [-0.4, -0.2) is 18.4 Å². The fourth-order valence-electron chi connectivity index (χ4n) is 4.01. The van der Waals surface area contributed by atoms with Crippen LogP contribution in [-0.2, 0) is 6.61 Å². The van der Waals surface area contributed by atoms with Crippen molar-refractivity contribution in [3.63, 3.8) is 0 Å². The predicted octanol–water partition coefficient (Wildman–Crippen LogP) is 7.25. The summed E-state index contributed by atoms with van der Waals surface area (Å²) < 4.78 is 11.5. The van der Waals surface area contributed by atoms with Gasteiger partial charge >= 0.3 is 0 Å². The second kappa shape index (κ2) is 16.8. The molecule has 3 rings (SSSR count). The van der Waals surface area contributed by atoms with Crippen molar-refractivity contribution >= 4 is 11.8 Å². The van der Waals surface area contributed by atoms with Gasteiger partial charge in [0.05, 0.1) is 6.61 Å². The summed E-state index contributed by atoms with van der Waals surface area (Å²) in [6.07, 6.45) is 11.5. The second-order valence-electron chi connectivity index (χ2n) is 9.41. The Morgan fingerprint density at radius 2 is 1.05 bits per heavy atom. The van der Waals surface area contributed by atoms with Crippen LogP contribution in [0.1, 0.15) is 91.0 Å². The fourth-order valence-corrected chi connectivity index (χ4v) is 4.01. The quantitative estimate of drug-likeness (QED) is 0.155. The van der Waals surface area contributed by atoms with Crippen molar-refractivity contribution in [2.24, 2.45) is 0 Å². The number of unbranched alkanes of at least 4 members (excludes halogenated alkanes) is 8. The highest BCUT2D eigenvalue weighted by molar-refractivity contribution is 5.99. The Balaban J connectivity index is 1.30. The standard InChI is InChI=1S/C32H40N2O4/c1-2-3-4-5-6-7-8-9-13-24-37-29-20-16-27(17-21-29)31(35)33-34-32(36)28-18-22-30(23-19-28)38-25-26-14-11-10-12-15-26/h10-12,14-23H,2-9,13,24-25H2,1H3,(H,33,35)(H,34,36). The van der Waals surface area contributed by atoms with Crippen molar-refractivity contribution in [2.45, 2.75) is 71.3 Å². The van der Waals surface area contributed by atoms with Gasteiger partial charge in [0.1, 0.15) is 18.1 Å². The van der Waals surface area contributed by atoms with E-state index in [1.807, 2.05) is 30.3 Å². The lowest BCUT2D eigenvalue weighted by molar-refractivity contribution is 0.0846. The van der Waals surface area contributed by atoms with Crippen LogP contribution in [0.4, 0.5) is 0 Å². The van der Waals surface area contributed by atoms with Gasteiger partial charge in [0.25, 0.3) is 11.8 Å². The van der Waals surface area contributed by atoms with Crippen molar-refractivity contribution in [3.8, 4) is 11.5 Å². The summed E-state index contributed by atoms with van der Waals surface area (Å²) in [5, 5.41) is 0. The number of hydrogen-bond donors (Lipinski definition) is 2. The van der Waals surface area contributed by atoms with Gasteiger partial charge in [-0.05, 0) is 60.5 Å². The first-order chi connectivity index (χ1) is 18.7. The molecule has 2 N–H and O–H groups in total. The van der Waals surface area contributed by atoms with E-state index < -0.39 is 11.8 Å². The number of hydrogen-bond acceptors (Lipinski definition) is 4. The minimum absolute atomic E-state index is 0.397. The van der Waals surface area contributed by atoms with E-state index in [2.05, 4.69) is 17.8 Å². The molecule has 0 aliphatic carbocycles. The Bertz CT molecular complexity index is 1080. The summed E-state index contributed by atoms with van der Waals surface area (Å²) in [7, 11) is 0. The number of amides is 2. The van der Waals surface area contributed by atoms with Crippen LogP contribution < -0.4 is 20.3 Å². The van der Waals surface area contributed by atoms with E-state index >= 15 is 0 Å². The highest BCUT2D eigenvalue weighted by Crippen LogP contribution is 2.16. The van der Waals surface area contributed by atoms with E-state index in [-0.39, 0.29) is 0 Å². The molecule has 202 valence electrons. The highest BCUT2D eigenvalue weighted by Gasteiger charge is 2.10. The maximum absolute atomic E-state index is 12.4. The van der Waals surface area contributed by atoms with Crippen LogP contribution >= 0.6 is 0 Å². The zero-order chi connectivity index (χ0) is 26.8. The molecule has 38 heavy (non-hydrogen) atoms. The van der Waals surface area contributed by atoms with Crippen LogP contribution in [0, 0.1) is 0 Å². The van der Waals surface area contributed by atoms with Gasteiger partial charge < -0.3 is 9.47 Å². The molecule has 6 nitrogen and oxygen atoms in total. The smallest absolute Gasteiger partial charge is 0.269 e. The fraction of sp³-hybridized carbons (Fsp3) is 0.375. The van der Waals surface area contributed by atoms with E-state index in [9.17, 15) is 9.59 Å². The first-order valence-electron chi connectivity index (χ1n) is 13.8. The number of rotatable bonds is 16. The van der Waals surface area contributed by atoms with Gasteiger partial charge in [-0.25, -0.2) is 0 Å². The zero-order valence-electron chi connectivity index (χ0n) is 22.4. The molecule has 3 aromatic carbocycles. The van der Waals surface area contributed by atoms with Crippen molar-refractivity contribution in [1.29, 1.82) is 0 Å². The van der Waals surface area contributed by atoms with Crippen molar-refractivity contribution < 1.29 is 19.1 Å². The number of benzene rings is 3. The summed E-state index contributed by atoms with van der Waals surface area (Å²) in [6.45, 7) is 3.37. The van der Waals surface area contributed by atoms with Crippen molar-refractivity contribution in [2.75, 3.05) is 6.61 Å². The molecule has 0 heterocycles. The first-order valence-corrected chi connectivity index (χ1v) is 13.8. The molecule has 6 heteroatoms. The average molecular weight is 517 g/mol. The molecule has 0 saturated carbocycles. The second-order valence-corrected chi connectivity index (χ2v) is 9.41. The van der Waals surface area contributed by atoms with Crippen molar-refractivity contribution in [3.05, 3.63) is 95.6 Å². The Kier molecular flexibility index (Phi) is 12.8. The van der Waals surface area contributed by atoms with Crippen LogP contribution in [0.5, 0.6) is 11.5 Å². The van der Waals surface area contributed by atoms with Gasteiger partial charge in [0, 0.05) is 11.1 Å². The van der Waals surface area contributed by atoms with E-state index in [1.54, 1.807) is 48.5 Å². The van der Waals surface area contributed by atoms with Crippen LogP contribution in [0.25, 0.3) is 0 Å². The predicted molar refractivity (Wildman–Crippen MR) is 151 cm³/mol. The number of ether oxygens (including phenoxy) is 2. The average Bonchev–Trinajstić information content (AvgIpc) is 2.96. The zero-order valence-corrected chi connectivity index (χ0v) is 22.4. The summed E-state index contributed by atoms with van der Waals surface area (Å²) in [5.74, 6) is 0.592. The molecule has 0 spiro atoms. The number of carbonyl (C=O) groups is 2. The summed E-state index contributed by atoms with van der Waals surface area (Å²) in [4.78, 5) is 24.8. The highest BCUT2D eigenvalue weighted by atomic mass is 16.5. The topological polar surface area (TPSA) is 76.7 Å². The lowest BCUT2D eigenvalue weighted by Crippen LogP contribution is -2.41. The number of carbonyl (C=O) groups excluding carboxylic acids is 2. The van der Waals surface area contributed by atoms with Crippen LogP contribution in [0.3, 0.4) is 0 Å². The molecule has 0 unspecified atom stereocenters. The Morgan fingerprint density at radius 1 is 0.579 bits per heavy atom. The number of nitrogens with one attached hydrogen (secondary N) is 2. The summed E-state index contributed by atoms with van der Waals surface area (Å²) in [5.41, 5.74) is 6.82. The van der Waals surface area contributed by atoms with Gasteiger partial charge in [-0.1, -0.05) is 88.6 Å². The minimum Gasteiger partial charge on any atom is -0.494 e. The molecule has 0 fully saturated rings. The number of hydrazine groups is 1. The lowest BCUT2D eigenvalue weighted by Gasteiger charge is -2.10. The SMILES string of the molecule is CCCCCCCCCCCOc1ccc(C(=O)NNC(=O)c2ccc(OCc3ccccc3)cc2)cc1. The minimum atomic E-state index is -0.408. The largest absolute Gasteiger partial charge is 0.494 e. The summed E-state index contributed by atoms with van der Waals surface area (Å²) in [6, 6.07) is 23.6. The van der Waals surface area contributed by atoms with Crippen molar-refractivity contribution in [1.82, 2.24) is 10.9 Å². The molecular weight excluding hydrogens is 476 g/mol. The van der Waals surface area contributed by atoms with Gasteiger partial charge in [0.2, 0.25) is 0 Å². The third-order valence-electron chi connectivity index (χ3n) is 6.29. The molecule has 3 aromatic rings. The molecule has 0 atom stereocenters. The van der Waals surface area contributed by atoms with Crippen LogP contribution in [0.2, 0.25) is 0 Å².